The normalized spacial score (nSPS) is 11.4. The molecule has 0 fully saturated rings. The number of carboxylic acids is 1. The first-order chi connectivity index (χ1) is 11.8. The van der Waals surface area contributed by atoms with Crippen molar-refractivity contribution in [1.82, 2.24) is 9.88 Å². The minimum absolute atomic E-state index is 0.0529. The van der Waals surface area contributed by atoms with Crippen LogP contribution in [0.25, 0.3) is 10.2 Å². The highest BCUT2D eigenvalue weighted by Crippen LogP contribution is 2.29. The third-order valence-electron chi connectivity index (χ3n) is 3.35. The number of rotatable bonds is 7. The van der Waals surface area contributed by atoms with Crippen LogP contribution in [-0.2, 0) is 16.1 Å². The smallest absolute Gasteiger partial charge is 0.303 e. The molecule has 1 amide bonds. The number of fused-ring (bicyclic) bond motifs is 1. The molecule has 1 heterocycles. The Balaban J connectivity index is 2.27. The molecule has 0 aliphatic carbocycles. The molecule has 0 aliphatic rings. The highest BCUT2D eigenvalue weighted by Gasteiger charge is 2.20. The van der Waals surface area contributed by atoms with Crippen molar-refractivity contribution in [1.29, 1.82) is 0 Å². The predicted molar refractivity (Wildman–Crippen MR) is 86.6 cm³/mol. The van der Waals surface area contributed by atoms with Crippen LogP contribution in [-0.4, -0.2) is 33.4 Å². The third kappa shape index (κ3) is 4.56. The van der Waals surface area contributed by atoms with Gasteiger partial charge in [0.15, 0.2) is 11.6 Å². The molecule has 0 saturated carbocycles. The van der Waals surface area contributed by atoms with Gasteiger partial charge < -0.3 is 10.0 Å². The van der Waals surface area contributed by atoms with Crippen LogP contribution in [0.2, 0.25) is 0 Å². The van der Waals surface area contributed by atoms with E-state index in [2.05, 4.69) is 4.98 Å². The number of amides is 1. The molecule has 0 atom stereocenters. The summed E-state index contributed by atoms with van der Waals surface area (Å²) < 4.78 is 40.6. The van der Waals surface area contributed by atoms with E-state index in [0.717, 1.165) is 11.3 Å². The molecule has 0 saturated heterocycles. The Bertz CT molecular complexity index is 836. The number of nitrogens with zero attached hydrogens (tertiary/aromatic N) is 2. The largest absolute Gasteiger partial charge is 0.481 e. The molecule has 0 spiro atoms. The number of benzene rings is 1. The zero-order valence-corrected chi connectivity index (χ0v) is 14.1. The van der Waals surface area contributed by atoms with Crippen molar-refractivity contribution < 1.29 is 27.9 Å². The Morgan fingerprint density at radius 1 is 1.28 bits per heavy atom. The van der Waals surface area contributed by atoms with Gasteiger partial charge in [-0.15, -0.1) is 11.3 Å². The standard InChI is InChI=1S/C16H15F3N2O3S/c1-2-3-6-21(12(22)4-5-13(23)24)8-11-20-15-14(19)9(17)7-10(18)16(15)25-11/h2-3,7H,4-6,8H2,1H3,(H,23,24). The number of carboxylic acid groups (broad SMARTS) is 1. The average molecular weight is 372 g/mol. The Kier molecular flexibility index (Phi) is 6.13. The number of hydrogen-bond acceptors (Lipinski definition) is 4. The number of allylic oxidation sites excluding steroid dienone is 1. The molecule has 9 heteroatoms. The quantitative estimate of drug-likeness (QED) is 0.597. The summed E-state index contributed by atoms with van der Waals surface area (Å²) in [5.74, 6) is -5.01. The second-order valence-corrected chi connectivity index (χ2v) is 6.26. The van der Waals surface area contributed by atoms with Crippen molar-refractivity contribution in [2.75, 3.05) is 6.54 Å². The number of thiazole rings is 1. The zero-order valence-electron chi connectivity index (χ0n) is 13.3. The van der Waals surface area contributed by atoms with E-state index < -0.39 is 34.8 Å². The van der Waals surface area contributed by atoms with Gasteiger partial charge in [-0.2, -0.15) is 0 Å². The van der Waals surface area contributed by atoms with E-state index in [4.69, 9.17) is 5.11 Å². The maximum Gasteiger partial charge on any atom is 0.303 e. The molecule has 25 heavy (non-hydrogen) atoms. The minimum atomic E-state index is -1.33. The fourth-order valence-corrected chi connectivity index (χ4v) is 3.10. The van der Waals surface area contributed by atoms with Crippen LogP contribution in [0.1, 0.15) is 24.8 Å². The Morgan fingerprint density at radius 3 is 2.64 bits per heavy atom. The second-order valence-electron chi connectivity index (χ2n) is 5.18. The van der Waals surface area contributed by atoms with Gasteiger partial charge in [-0.25, -0.2) is 18.2 Å². The van der Waals surface area contributed by atoms with Crippen molar-refractivity contribution in [2.45, 2.75) is 26.3 Å². The SMILES string of the molecule is CC=CCN(Cc1nc2c(F)c(F)cc(F)c2s1)C(=O)CCC(=O)O. The lowest BCUT2D eigenvalue weighted by molar-refractivity contribution is -0.140. The second kappa shape index (κ2) is 8.11. The van der Waals surface area contributed by atoms with Crippen LogP contribution in [0.5, 0.6) is 0 Å². The van der Waals surface area contributed by atoms with Gasteiger partial charge in [0, 0.05) is 19.0 Å². The van der Waals surface area contributed by atoms with Gasteiger partial charge in [0.05, 0.1) is 17.7 Å². The number of carbonyl (C=O) groups excluding carboxylic acids is 1. The first-order valence-electron chi connectivity index (χ1n) is 7.37. The molecule has 5 nitrogen and oxygen atoms in total. The Hall–Kier alpha value is -2.42. The zero-order chi connectivity index (χ0) is 18.6. The highest BCUT2D eigenvalue weighted by molar-refractivity contribution is 7.18. The molecule has 1 N–H and O–H groups in total. The fraction of sp³-hybridized carbons (Fsp3) is 0.312. The van der Waals surface area contributed by atoms with Crippen LogP contribution in [0, 0.1) is 17.5 Å². The molecule has 134 valence electrons. The molecule has 2 rings (SSSR count). The molecular weight excluding hydrogens is 357 g/mol. The molecule has 1 aromatic carbocycles. The van der Waals surface area contributed by atoms with Crippen LogP contribution in [0.3, 0.4) is 0 Å². The maximum atomic E-state index is 13.8. The van der Waals surface area contributed by atoms with Gasteiger partial charge in [-0.05, 0) is 6.92 Å². The van der Waals surface area contributed by atoms with Gasteiger partial charge in [0.1, 0.15) is 16.3 Å². The molecule has 0 bridgehead atoms. The van der Waals surface area contributed by atoms with E-state index in [0.29, 0.717) is 6.07 Å². The van der Waals surface area contributed by atoms with E-state index >= 15 is 0 Å². The van der Waals surface area contributed by atoms with Gasteiger partial charge in [0.2, 0.25) is 5.91 Å². The number of aromatic nitrogens is 1. The van der Waals surface area contributed by atoms with Gasteiger partial charge >= 0.3 is 5.97 Å². The van der Waals surface area contributed by atoms with Gasteiger partial charge in [-0.3, -0.25) is 9.59 Å². The number of halogens is 3. The van der Waals surface area contributed by atoms with E-state index in [-0.39, 0.29) is 35.6 Å². The Labute approximate surface area is 145 Å². The summed E-state index contributed by atoms with van der Waals surface area (Å²) >= 11 is 0.823. The van der Waals surface area contributed by atoms with Crippen LogP contribution in [0.4, 0.5) is 13.2 Å². The van der Waals surface area contributed by atoms with E-state index in [1.807, 2.05) is 0 Å². The average Bonchev–Trinajstić information content (AvgIpc) is 2.99. The third-order valence-corrected chi connectivity index (χ3v) is 4.40. The van der Waals surface area contributed by atoms with Crippen molar-refractivity contribution in [2.24, 2.45) is 0 Å². The highest BCUT2D eigenvalue weighted by atomic mass is 32.1. The number of carbonyl (C=O) groups is 2. The fourth-order valence-electron chi connectivity index (χ4n) is 2.12. The molecule has 0 unspecified atom stereocenters. The first-order valence-corrected chi connectivity index (χ1v) is 8.18. The van der Waals surface area contributed by atoms with Crippen molar-refractivity contribution in [3.63, 3.8) is 0 Å². The maximum absolute atomic E-state index is 13.8. The van der Waals surface area contributed by atoms with Gasteiger partial charge in [0.25, 0.3) is 0 Å². The summed E-state index contributed by atoms with van der Waals surface area (Å²) in [5.41, 5.74) is -0.415. The van der Waals surface area contributed by atoms with E-state index in [1.54, 1.807) is 19.1 Å². The summed E-state index contributed by atoms with van der Waals surface area (Å²) in [5, 5.41) is 8.91. The summed E-state index contributed by atoms with van der Waals surface area (Å²) in [6, 6.07) is 0.454. The summed E-state index contributed by atoms with van der Waals surface area (Å²) in [6.07, 6.45) is 2.88. The summed E-state index contributed by atoms with van der Waals surface area (Å²) in [4.78, 5) is 28.0. The summed E-state index contributed by atoms with van der Waals surface area (Å²) in [7, 11) is 0. The molecule has 1 aromatic heterocycles. The van der Waals surface area contributed by atoms with Gasteiger partial charge in [-0.1, -0.05) is 12.2 Å². The van der Waals surface area contributed by atoms with Crippen molar-refractivity contribution in [3.05, 3.63) is 40.7 Å². The molecular formula is C16H15F3N2O3S. The number of hydrogen-bond donors (Lipinski definition) is 1. The molecule has 0 radical (unpaired) electrons. The predicted octanol–water partition coefficient (Wildman–Crippen LogP) is 3.48. The lowest BCUT2D eigenvalue weighted by atomic mass is 10.2. The first kappa shape index (κ1) is 18.9. The molecule has 2 aromatic rings. The topological polar surface area (TPSA) is 70.5 Å². The van der Waals surface area contributed by atoms with Crippen LogP contribution in [0.15, 0.2) is 18.2 Å². The lowest BCUT2D eigenvalue weighted by Crippen LogP contribution is -2.31. The molecule has 0 aliphatic heterocycles. The van der Waals surface area contributed by atoms with E-state index in [1.165, 1.54) is 4.90 Å². The number of aliphatic carboxylic acids is 1. The van der Waals surface area contributed by atoms with E-state index in [9.17, 15) is 22.8 Å². The van der Waals surface area contributed by atoms with Crippen molar-refractivity contribution >= 4 is 33.4 Å². The van der Waals surface area contributed by atoms with Crippen LogP contribution < -0.4 is 0 Å². The summed E-state index contributed by atoms with van der Waals surface area (Å²) in [6.45, 7) is 1.90. The lowest BCUT2D eigenvalue weighted by Gasteiger charge is -2.19. The van der Waals surface area contributed by atoms with Crippen LogP contribution >= 0.6 is 11.3 Å². The van der Waals surface area contributed by atoms with Crippen molar-refractivity contribution in [3.8, 4) is 0 Å². The Morgan fingerprint density at radius 2 is 2.00 bits per heavy atom. The minimum Gasteiger partial charge on any atom is -0.481 e. The monoisotopic (exact) mass is 372 g/mol.